The third-order valence-electron chi connectivity index (χ3n) is 2.03. The molecule has 0 aliphatic carbocycles. The number of allylic oxidation sites excluding steroid dienone is 2. The van der Waals surface area contributed by atoms with Crippen LogP contribution in [0.3, 0.4) is 0 Å². The van der Waals surface area contributed by atoms with Crippen molar-refractivity contribution in [2.75, 3.05) is 0 Å². The van der Waals surface area contributed by atoms with E-state index in [2.05, 4.69) is 13.2 Å². The summed E-state index contributed by atoms with van der Waals surface area (Å²) in [5.41, 5.74) is 2.55. The van der Waals surface area contributed by atoms with E-state index < -0.39 is 0 Å². The first-order valence-electron chi connectivity index (χ1n) is 4.31. The highest BCUT2D eigenvalue weighted by atomic mass is 16.3. The monoisotopic (exact) mass is 190 g/mol. The van der Waals surface area contributed by atoms with Crippen molar-refractivity contribution >= 4 is 11.1 Å². The van der Waals surface area contributed by atoms with Gasteiger partial charge >= 0.3 is 0 Å². The van der Waals surface area contributed by atoms with Crippen molar-refractivity contribution in [3.05, 3.63) is 36.4 Å². The van der Waals surface area contributed by atoms with E-state index in [1.165, 1.54) is 12.1 Å². The minimum atomic E-state index is 0.119. The summed E-state index contributed by atoms with van der Waals surface area (Å²) in [5, 5.41) is 19.2. The molecule has 0 radical (unpaired) electrons. The normalized spacial score (nSPS) is 9.86. The maximum atomic E-state index is 9.62. The third kappa shape index (κ3) is 1.79. The molecule has 0 aliphatic rings. The summed E-state index contributed by atoms with van der Waals surface area (Å²) in [6.45, 7) is 11.0. The zero-order valence-corrected chi connectivity index (χ0v) is 8.46. The molecule has 14 heavy (non-hydrogen) atoms. The topological polar surface area (TPSA) is 40.5 Å². The van der Waals surface area contributed by atoms with Crippen molar-refractivity contribution in [3.63, 3.8) is 0 Å². The van der Waals surface area contributed by atoms with Gasteiger partial charge < -0.3 is 10.2 Å². The van der Waals surface area contributed by atoms with Gasteiger partial charge in [-0.15, -0.1) is 0 Å². The molecule has 1 aromatic rings. The van der Waals surface area contributed by atoms with Crippen LogP contribution in [0, 0.1) is 0 Å². The Kier molecular flexibility index (Phi) is 2.65. The van der Waals surface area contributed by atoms with Gasteiger partial charge in [0.2, 0.25) is 0 Å². The molecule has 2 N–H and O–H groups in total. The highest BCUT2D eigenvalue weighted by Crippen LogP contribution is 2.33. The summed E-state index contributed by atoms with van der Waals surface area (Å²) in [5.74, 6) is 0.238. The van der Waals surface area contributed by atoms with Gasteiger partial charge in [-0.2, -0.15) is 0 Å². The minimum absolute atomic E-state index is 0.119. The summed E-state index contributed by atoms with van der Waals surface area (Å²) in [4.78, 5) is 0. The zero-order valence-electron chi connectivity index (χ0n) is 8.46. The molecule has 0 saturated carbocycles. The number of phenolic OH excluding ortho intramolecular Hbond substituents is 2. The van der Waals surface area contributed by atoms with E-state index in [-0.39, 0.29) is 11.5 Å². The molecule has 0 bridgehead atoms. The molecule has 0 saturated heterocycles. The molecule has 0 fully saturated rings. The molecule has 0 aliphatic heterocycles. The van der Waals surface area contributed by atoms with Gasteiger partial charge in [-0.1, -0.05) is 13.2 Å². The van der Waals surface area contributed by atoms with Crippen LogP contribution in [0.25, 0.3) is 11.1 Å². The van der Waals surface area contributed by atoms with Gasteiger partial charge in [-0.05, 0) is 37.1 Å². The maximum absolute atomic E-state index is 9.62. The van der Waals surface area contributed by atoms with E-state index in [4.69, 9.17) is 0 Å². The Balaban J connectivity index is 3.38. The fourth-order valence-corrected chi connectivity index (χ4v) is 1.26. The lowest BCUT2D eigenvalue weighted by Gasteiger charge is -2.09. The van der Waals surface area contributed by atoms with Gasteiger partial charge in [0.05, 0.1) is 0 Å². The highest BCUT2D eigenvalue weighted by molar-refractivity contribution is 5.75. The van der Waals surface area contributed by atoms with E-state index in [1.807, 2.05) is 0 Å². The quantitative estimate of drug-likeness (QED) is 0.703. The van der Waals surface area contributed by atoms with Gasteiger partial charge in [0.25, 0.3) is 0 Å². The van der Waals surface area contributed by atoms with Crippen molar-refractivity contribution < 1.29 is 10.2 Å². The smallest absolute Gasteiger partial charge is 0.123 e. The molecule has 0 atom stereocenters. The molecule has 2 nitrogen and oxygen atoms in total. The van der Waals surface area contributed by atoms with Crippen LogP contribution in [0.4, 0.5) is 0 Å². The molecular formula is C12H14O2. The third-order valence-corrected chi connectivity index (χ3v) is 2.03. The van der Waals surface area contributed by atoms with Gasteiger partial charge in [0.1, 0.15) is 11.5 Å². The predicted octanol–water partition coefficient (Wildman–Crippen LogP) is 3.16. The van der Waals surface area contributed by atoms with Crippen LogP contribution in [0.1, 0.15) is 25.0 Å². The number of rotatable bonds is 2. The summed E-state index contributed by atoms with van der Waals surface area (Å²) in [6.07, 6.45) is 0. The second-order valence-corrected chi connectivity index (χ2v) is 3.45. The summed E-state index contributed by atoms with van der Waals surface area (Å²) in [6, 6.07) is 3.00. The SMILES string of the molecule is C=C(C)c1cc(O)c(C(=C)C)cc1O. The Morgan fingerprint density at radius 1 is 0.929 bits per heavy atom. The van der Waals surface area contributed by atoms with Crippen LogP contribution in [0.15, 0.2) is 25.3 Å². The minimum Gasteiger partial charge on any atom is -0.507 e. The average Bonchev–Trinajstić information content (AvgIpc) is 2.07. The number of aromatic hydroxyl groups is 2. The van der Waals surface area contributed by atoms with Gasteiger partial charge in [-0.3, -0.25) is 0 Å². The summed E-state index contributed by atoms with van der Waals surface area (Å²) >= 11 is 0. The second-order valence-electron chi connectivity index (χ2n) is 3.45. The largest absolute Gasteiger partial charge is 0.507 e. The summed E-state index contributed by atoms with van der Waals surface area (Å²) in [7, 11) is 0. The molecule has 0 spiro atoms. The van der Waals surface area contributed by atoms with Crippen LogP contribution >= 0.6 is 0 Å². The first kappa shape index (κ1) is 10.4. The van der Waals surface area contributed by atoms with E-state index in [0.29, 0.717) is 22.3 Å². The molecule has 0 unspecified atom stereocenters. The van der Waals surface area contributed by atoms with Crippen LogP contribution in [-0.4, -0.2) is 10.2 Å². The number of hydrogen-bond donors (Lipinski definition) is 2. The van der Waals surface area contributed by atoms with E-state index in [1.54, 1.807) is 13.8 Å². The Hall–Kier alpha value is -1.70. The summed E-state index contributed by atoms with van der Waals surface area (Å²) < 4.78 is 0. The first-order chi connectivity index (χ1) is 6.43. The Bertz CT molecular complexity index is 363. The van der Waals surface area contributed by atoms with Crippen molar-refractivity contribution in [2.24, 2.45) is 0 Å². The van der Waals surface area contributed by atoms with Crippen LogP contribution in [0.2, 0.25) is 0 Å². The lowest BCUT2D eigenvalue weighted by Crippen LogP contribution is -1.85. The highest BCUT2D eigenvalue weighted by Gasteiger charge is 2.09. The lowest BCUT2D eigenvalue weighted by atomic mass is 10.0. The van der Waals surface area contributed by atoms with Gasteiger partial charge in [0, 0.05) is 11.1 Å². The van der Waals surface area contributed by atoms with Gasteiger partial charge in [-0.25, -0.2) is 0 Å². The van der Waals surface area contributed by atoms with Crippen molar-refractivity contribution in [1.29, 1.82) is 0 Å². The maximum Gasteiger partial charge on any atom is 0.123 e. The van der Waals surface area contributed by atoms with Crippen LogP contribution < -0.4 is 0 Å². The van der Waals surface area contributed by atoms with Crippen LogP contribution in [-0.2, 0) is 0 Å². The Morgan fingerprint density at radius 2 is 1.21 bits per heavy atom. The Morgan fingerprint density at radius 3 is 1.43 bits per heavy atom. The molecule has 0 aromatic heterocycles. The molecule has 1 aromatic carbocycles. The molecule has 2 heteroatoms. The fraction of sp³-hybridized carbons (Fsp3) is 0.167. The molecular weight excluding hydrogens is 176 g/mol. The standard InChI is InChI=1S/C12H14O2/c1-7(2)9-5-12(14)10(8(3)4)6-11(9)13/h5-6,13-14H,1,3H2,2,4H3. The lowest BCUT2D eigenvalue weighted by molar-refractivity contribution is 0.457. The predicted molar refractivity (Wildman–Crippen MR) is 59.2 cm³/mol. The van der Waals surface area contributed by atoms with Crippen LogP contribution in [0.5, 0.6) is 11.5 Å². The van der Waals surface area contributed by atoms with E-state index in [0.717, 1.165) is 0 Å². The van der Waals surface area contributed by atoms with Crippen molar-refractivity contribution in [1.82, 2.24) is 0 Å². The van der Waals surface area contributed by atoms with Crippen molar-refractivity contribution in [2.45, 2.75) is 13.8 Å². The van der Waals surface area contributed by atoms with E-state index in [9.17, 15) is 10.2 Å². The van der Waals surface area contributed by atoms with E-state index >= 15 is 0 Å². The molecule has 0 amide bonds. The number of benzene rings is 1. The molecule has 0 heterocycles. The zero-order chi connectivity index (χ0) is 10.9. The average molecular weight is 190 g/mol. The Labute approximate surface area is 83.8 Å². The fourth-order valence-electron chi connectivity index (χ4n) is 1.26. The molecule has 74 valence electrons. The van der Waals surface area contributed by atoms with Gasteiger partial charge in [0.15, 0.2) is 0 Å². The number of phenols is 2. The second kappa shape index (κ2) is 3.58. The van der Waals surface area contributed by atoms with Crippen molar-refractivity contribution in [3.8, 4) is 11.5 Å². The first-order valence-corrected chi connectivity index (χ1v) is 4.31. The molecule has 1 rings (SSSR count). The number of hydrogen-bond acceptors (Lipinski definition) is 2.